The first-order valence-electron chi connectivity index (χ1n) is 14.5. The average molecular weight is 623 g/mol. The summed E-state index contributed by atoms with van der Waals surface area (Å²) in [5, 5.41) is 13.9. The fraction of sp³-hybridized carbons (Fsp3) is 0.355. The molecular weight excluding hydrogens is 587 g/mol. The maximum atomic E-state index is 14.1. The van der Waals surface area contributed by atoms with Crippen molar-refractivity contribution in [1.82, 2.24) is 15.1 Å². The van der Waals surface area contributed by atoms with Crippen molar-refractivity contribution >= 4 is 43.8 Å². The van der Waals surface area contributed by atoms with E-state index in [0.29, 0.717) is 35.4 Å². The normalized spacial score (nSPS) is 16.7. The number of benzene rings is 3. The number of fused-ring (bicyclic) bond motifs is 1. The second-order valence-electron chi connectivity index (χ2n) is 11.1. The summed E-state index contributed by atoms with van der Waals surface area (Å²) in [6.45, 7) is 5.02. The minimum absolute atomic E-state index is 0.0760. The smallest absolute Gasteiger partial charge is 0.258 e. The molecular formula is C31H35FN6O5S. The number of likely N-dealkylation sites (N-methyl/N-ethyl adjacent to an activating group) is 1. The van der Waals surface area contributed by atoms with Crippen molar-refractivity contribution in [3.8, 4) is 5.75 Å². The van der Waals surface area contributed by atoms with Crippen molar-refractivity contribution in [3.05, 3.63) is 66.0 Å². The van der Waals surface area contributed by atoms with Crippen molar-refractivity contribution in [2.75, 3.05) is 69.1 Å². The first kappa shape index (κ1) is 29.9. The first-order valence-corrected chi connectivity index (χ1v) is 16.0. The Bertz CT molecular complexity index is 1780. The Kier molecular flexibility index (Phi) is 8.43. The van der Waals surface area contributed by atoms with E-state index in [2.05, 4.69) is 37.7 Å². The van der Waals surface area contributed by atoms with Gasteiger partial charge >= 0.3 is 0 Å². The van der Waals surface area contributed by atoms with E-state index in [4.69, 9.17) is 9.47 Å². The third-order valence-corrected chi connectivity index (χ3v) is 9.90. The lowest BCUT2D eigenvalue weighted by molar-refractivity contribution is 0.0904. The van der Waals surface area contributed by atoms with Crippen LogP contribution in [0.15, 0.2) is 64.4 Å². The number of anilines is 3. The van der Waals surface area contributed by atoms with Crippen LogP contribution in [-0.2, 0) is 14.6 Å². The van der Waals surface area contributed by atoms with Crippen molar-refractivity contribution in [1.29, 1.82) is 0 Å². The Morgan fingerprint density at radius 3 is 2.55 bits per heavy atom. The molecule has 1 aromatic heterocycles. The molecule has 0 radical (unpaired) electrons. The summed E-state index contributed by atoms with van der Waals surface area (Å²) >= 11 is 0. The lowest BCUT2D eigenvalue weighted by Gasteiger charge is -2.34. The number of amides is 1. The van der Waals surface area contributed by atoms with Crippen molar-refractivity contribution in [3.63, 3.8) is 0 Å². The zero-order valence-corrected chi connectivity index (χ0v) is 25.4. The molecule has 11 nitrogen and oxygen atoms in total. The van der Waals surface area contributed by atoms with Crippen LogP contribution in [0.5, 0.6) is 5.75 Å². The molecule has 3 heterocycles. The van der Waals surface area contributed by atoms with Gasteiger partial charge in [-0.15, -0.1) is 0 Å². The summed E-state index contributed by atoms with van der Waals surface area (Å²) in [4.78, 5) is 18.0. The SMILES string of the molecule is COc1cc(F)cc(S(=O)(=O)c2ccc3[nH]nc(NC(=O)c4ccc(N5CCN(C)CC5)cc4NC4CCOCC4)c3c2)c1. The van der Waals surface area contributed by atoms with Crippen molar-refractivity contribution < 1.29 is 27.1 Å². The summed E-state index contributed by atoms with van der Waals surface area (Å²) in [7, 11) is -0.660. The molecule has 2 aliphatic heterocycles. The number of carbonyl (C=O) groups excluding carboxylic acids is 1. The molecule has 2 fully saturated rings. The van der Waals surface area contributed by atoms with Gasteiger partial charge in [0.2, 0.25) is 9.84 Å². The zero-order valence-electron chi connectivity index (χ0n) is 24.6. The Morgan fingerprint density at radius 2 is 1.80 bits per heavy atom. The third kappa shape index (κ3) is 6.21. The van der Waals surface area contributed by atoms with Gasteiger partial charge in [-0.1, -0.05) is 0 Å². The van der Waals surface area contributed by atoms with Gasteiger partial charge in [-0.3, -0.25) is 9.89 Å². The number of halogens is 1. The van der Waals surface area contributed by atoms with Crippen LogP contribution in [-0.4, -0.2) is 89.0 Å². The van der Waals surface area contributed by atoms with E-state index in [1.807, 2.05) is 18.2 Å². The van der Waals surface area contributed by atoms with Crippen LogP contribution in [0.4, 0.5) is 21.6 Å². The van der Waals surface area contributed by atoms with Crippen molar-refractivity contribution in [2.45, 2.75) is 28.7 Å². The highest BCUT2D eigenvalue weighted by Crippen LogP contribution is 2.31. The highest BCUT2D eigenvalue weighted by Gasteiger charge is 2.24. The number of hydrogen-bond donors (Lipinski definition) is 3. The zero-order chi connectivity index (χ0) is 30.8. The van der Waals surface area contributed by atoms with Gasteiger partial charge in [0.25, 0.3) is 5.91 Å². The van der Waals surface area contributed by atoms with E-state index >= 15 is 0 Å². The molecule has 232 valence electrons. The molecule has 3 N–H and O–H groups in total. The molecule has 0 atom stereocenters. The Hall–Kier alpha value is -4.20. The molecule has 0 aliphatic carbocycles. The quantitative estimate of drug-likeness (QED) is 0.266. The van der Waals surface area contributed by atoms with E-state index in [-0.39, 0.29) is 33.3 Å². The fourth-order valence-corrected chi connectivity index (χ4v) is 6.88. The van der Waals surface area contributed by atoms with Gasteiger partial charge in [0.15, 0.2) is 5.82 Å². The molecule has 0 bridgehead atoms. The van der Waals surface area contributed by atoms with Gasteiger partial charge in [0.05, 0.1) is 28.0 Å². The second kappa shape index (κ2) is 12.4. The minimum atomic E-state index is -4.11. The summed E-state index contributed by atoms with van der Waals surface area (Å²) in [6.07, 6.45) is 1.66. The number of aromatic nitrogens is 2. The maximum Gasteiger partial charge on any atom is 0.258 e. The Balaban J connectivity index is 1.30. The number of nitrogens with zero attached hydrogens (tertiary/aromatic N) is 3. The topological polar surface area (TPSA) is 129 Å². The fourth-order valence-electron chi connectivity index (χ4n) is 5.55. The number of rotatable bonds is 8. The molecule has 2 aliphatic rings. The molecule has 44 heavy (non-hydrogen) atoms. The first-order chi connectivity index (χ1) is 21.2. The number of sulfone groups is 1. The molecule has 13 heteroatoms. The molecule has 4 aromatic rings. The number of H-pyrrole nitrogens is 1. The number of hydrogen-bond acceptors (Lipinski definition) is 9. The van der Waals surface area contributed by atoms with Crippen LogP contribution >= 0.6 is 0 Å². The van der Waals surface area contributed by atoms with Crippen molar-refractivity contribution in [2.24, 2.45) is 0 Å². The molecule has 0 saturated carbocycles. The average Bonchev–Trinajstić information content (AvgIpc) is 3.43. The molecule has 3 aromatic carbocycles. The number of methoxy groups -OCH3 is 1. The lowest BCUT2D eigenvalue weighted by atomic mass is 10.1. The largest absolute Gasteiger partial charge is 0.497 e. The van der Waals surface area contributed by atoms with Crippen LogP contribution in [0.25, 0.3) is 10.9 Å². The summed E-state index contributed by atoms with van der Waals surface area (Å²) < 4.78 is 51.6. The number of piperazine rings is 1. The summed E-state index contributed by atoms with van der Waals surface area (Å²) in [5.74, 6) is -0.853. The highest BCUT2D eigenvalue weighted by atomic mass is 32.2. The van der Waals surface area contributed by atoms with Crippen LogP contribution in [0.3, 0.4) is 0 Å². The number of ether oxygens (including phenoxy) is 2. The summed E-state index contributed by atoms with van der Waals surface area (Å²) in [6, 6.07) is 13.7. The van der Waals surface area contributed by atoms with Gasteiger partial charge in [-0.05, 0) is 68.4 Å². The lowest BCUT2D eigenvalue weighted by Crippen LogP contribution is -2.44. The Labute approximate surface area is 255 Å². The third-order valence-electron chi connectivity index (χ3n) is 8.16. The van der Waals surface area contributed by atoms with Crippen LogP contribution in [0, 0.1) is 5.82 Å². The van der Waals surface area contributed by atoms with E-state index in [1.54, 1.807) is 6.07 Å². The van der Waals surface area contributed by atoms with Gasteiger partial charge in [-0.2, -0.15) is 5.10 Å². The predicted octanol–water partition coefficient (Wildman–Crippen LogP) is 4.14. The maximum absolute atomic E-state index is 14.1. The Morgan fingerprint density at radius 1 is 1.02 bits per heavy atom. The molecule has 0 spiro atoms. The van der Waals surface area contributed by atoms with E-state index in [0.717, 1.165) is 56.8 Å². The number of aromatic amines is 1. The second-order valence-corrected chi connectivity index (χ2v) is 13.1. The molecule has 2 saturated heterocycles. The van der Waals surface area contributed by atoms with Crippen LogP contribution in [0.2, 0.25) is 0 Å². The van der Waals surface area contributed by atoms with Gasteiger partial charge in [-0.25, -0.2) is 12.8 Å². The van der Waals surface area contributed by atoms with E-state index in [9.17, 15) is 17.6 Å². The number of carbonyl (C=O) groups is 1. The van der Waals surface area contributed by atoms with E-state index in [1.165, 1.54) is 25.3 Å². The standard InChI is InChI=1S/C31H35FN6O5S/c1-37-9-11-38(12-10-37)22-3-5-26(29(17-22)33-21-7-13-43-14-8-21)31(39)34-30-27-19-24(4-6-28(27)35-36-30)44(40,41)25-16-20(32)15-23(18-25)42-2/h3-6,15-19,21,33H,7-14H2,1-2H3,(H2,34,35,36,39). The van der Waals surface area contributed by atoms with Gasteiger partial charge in [0, 0.05) is 68.3 Å². The highest BCUT2D eigenvalue weighted by molar-refractivity contribution is 7.91. The molecule has 0 unspecified atom stereocenters. The predicted molar refractivity (Wildman–Crippen MR) is 166 cm³/mol. The van der Waals surface area contributed by atoms with Crippen LogP contribution in [0.1, 0.15) is 23.2 Å². The minimum Gasteiger partial charge on any atom is -0.497 e. The molecule has 6 rings (SSSR count). The summed E-state index contributed by atoms with van der Waals surface area (Å²) in [5.41, 5.74) is 2.73. The van der Waals surface area contributed by atoms with E-state index < -0.39 is 15.7 Å². The van der Waals surface area contributed by atoms with Crippen LogP contribution < -0.4 is 20.3 Å². The monoisotopic (exact) mass is 622 g/mol. The van der Waals surface area contributed by atoms with Gasteiger partial charge in [0.1, 0.15) is 11.6 Å². The molecule has 1 amide bonds. The number of nitrogens with one attached hydrogen (secondary N) is 3. The van der Waals surface area contributed by atoms with Gasteiger partial charge < -0.3 is 29.9 Å².